The van der Waals surface area contributed by atoms with Crippen LogP contribution in [0.4, 0.5) is 15.9 Å². The number of para-hydroxylation sites is 1. The van der Waals surface area contributed by atoms with E-state index in [-0.39, 0.29) is 17.6 Å². The smallest absolute Gasteiger partial charge is 0.243 e. The van der Waals surface area contributed by atoms with E-state index in [0.717, 1.165) is 0 Å². The van der Waals surface area contributed by atoms with Crippen molar-refractivity contribution in [3.05, 3.63) is 41.3 Å². The lowest BCUT2D eigenvalue weighted by Crippen LogP contribution is -2.37. The molecule has 25 heavy (non-hydrogen) atoms. The minimum Gasteiger partial charge on any atom is -0.368 e. The lowest BCUT2D eigenvalue weighted by Gasteiger charge is -2.19. The number of nitrogens with one attached hydrogen (secondary N) is 2. The van der Waals surface area contributed by atoms with E-state index in [4.69, 9.17) is 0 Å². The van der Waals surface area contributed by atoms with Crippen molar-refractivity contribution < 1.29 is 9.18 Å². The average molecular weight is 342 g/mol. The zero-order chi connectivity index (χ0) is 18.0. The molecule has 1 unspecified atom stereocenters. The normalized spacial score (nSPS) is 16.6. The summed E-state index contributed by atoms with van der Waals surface area (Å²) >= 11 is 0. The maximum Gasteiger partial charge on any atom is 0.243 e. The van der Waals surface area contributed by atoms with Crippen LogP contribution in [-0.2, 0) is 11.8 Å². The molecule has 130 valence electrons. The Hall–Kier alpha value is -3.08. The number of anilines is 2. The van der Waals surface area contributed by atoms with Gasteiger partial charge in [0.25, 0.3) is 0 Å². The first kappa shape index (κ1) is 16.8. The second-order valence-electron chi connectivity index (χ2n) is 6.04. The maximum atomic E-state index is 13.9. The van der Waals surface area contributed by atoms with Gasteiger partial charge in [-0.25, -0.2) is 4.39 Å². The topological polar surface area (TPSA) is 86.0 Å². The molecule has 0 radical (unpaired) electrons. The molecule has 1 fully saturated rings. The van der Waals surface area contributed by atoms with Crippen molar-refractivity contribution in [3.63, 3.8) is 0 Å². The van der Waals surface area contributed by atoms with Crippen molar-refractivity contribution in [1.82, 2.24) is 15.2 Å². The highest BCUT2D eigenvalue weighted by molar-refractivity contribution is 5.81. The van der Waals surface area contributed by atoms with E-state index in [1.54, 1.807) is 32.2 Å². The molecule has 1 aromatic carbocycles. The van der Waals surface area contributed by atoms with E-state index in [1.165, 1.54) is 10.7 Å². The van der Waals surface area contributed by atoms with Crippen LogP contribution in [-0.4, -0.2) is 28.8 Å². The molecule has 3 rings (SSSR count). The Balaban J connectivity index is 1.62. The number of hydrazine groups is 1. The Labute approximate surface area is 145 Å². The average Bonchev–Trinajstić information content (AvgIpc) is 3.17. The first-order valence-corrected chi connectivity index (χ1v) is 8.00. The monoisotopic (exact) mass is 342 g/mol. The van der Waals surface area contributed by atoms with Gasteiger partial charge in [-0.05, 0) is 25.5 Å². The number of carbonyl (C=O) groups excluding carboxylic acids is 1. The number of hydrogen-bond donors (Lipinski definition) is 2. The number of carbonyl (C=O) groups is 1. The van der Waals surface area contributed by atoms with E-state index in [9.17, 15) is 14.4 Å². The molecule has 2 aromatic rings. The Morgan fingerprint density at radius 2 is 2.20 bits per heavy atom. The first-order valence-electron chi connectivity index (χ1n) is 8.00. The van der Waals surface area contributed by atoms with E-state index >= 15 is 0 Å². The summed E-state index contributed by atoms with van der Waals surface area (Å²) in [4.78, 5) is 14.3. The molecular weight excluding hydrogens is 323 g/mol. The van der Waals surface area contributed by atoms with Crippen LogP contribution in [0.25, 0.3) is 0 Å². The lowest BCUT2D eigenvalue weighted by atomic mass is 10.1. The van der Waals surface area contributed by atoms with Crippen LogP contribution < -0.4 is 15.8 Å². The zero-order valence-corrected chi connectivity index (χ0v) is 14.1. The van der Waals surface area contributed by atoms with Gasteiger partial charge in [-0.1, -0.05) is 12.1 Å². The highest BCUT2D eigenvalue weighted by Gasteiger charge is 2.29. The number of nitrogens with zero attached hydrogens (tertiary/aromatic N) is 4. The molecular formula is C17H19FN6O. The Kier molecular flexibility index (Phi) is 4.57. The summed E-state index contributed by atoms with van der Waals surface area (Å²) in [6.07, 6.45) is 0.636. The molecule has 2 N–H and O–H groups in total. The van der Waals surface area contributed by atoms with Gasteiger partial charge in [0, 0.05) is 20.1 Å². The van der Waals surface area contributed by atoms with Crippen molar-refractivity contribution in [2.24, 2.45) is 13.0 Å². The van der Waals surface area contributed by atoms with Crippen molar-refractivity contribution in [2.75, 3.05) is 23.4 Å². The molecule has 0 aliphatic carbocycles. The zero-order valence-electron chi connectivity index (χ0n) is 14.1. The lowest BCUT2D eigenvalue weighted by molar-refractivity contribution is -0.123. The summed E-state index contributed by atoms with van der Waals surface area (Å²) in [6.45, 7) is 2.80. The fourth-order valence-electron chi connectivity index (χ4n) is 3.06. The quantitative estimate of drug-likeness (QED) is 0.826. The van der Waals surface area contributed by atoms with Gasteiger partial charge >= 0.3 is 0 Å². The van der Waals surface area contributed by atoms with Crippen molar-refractivity contribution >= 4 is 17.4 Å². The first-order chi connectivity index (χ1) is 12.0. The number of halogens is 1. The molecule has 1 aromatic heterocycles. The highest BCUT2D eigenvalue weighted by atomic mass is 19.1. The molecule has 1 amide bonds. The number of aryl methyl sites for hydroxylation is 2. The number of nitriles is 1. The van der Waals surface area contributed by atoms with Crippen LogP contribution in [0.1, 0.15) is 17.7 Å². The Morgan fingerprint density at radius 3 is 2.92 bits per heavy atom. The molecule has 0 bridgehead atoms. The molecule has 1 saturated heterocycles. The molecule has 0 spiro atoms. The third kappa shape index (κ3) is 3.26. The van der Waals surface area contributed by atoms with Crippen LogP contribution in [0.3, 0.4) is 0 Å². The standard InChI is InChI=1S/C17H19FN6O/c1-11-13(9-19)16(23(2)22-11)20-21-17(25)12-7-8-24(10-12)15-6-4-3-5-14(15)18/h3-6,12,20H,7-8,10H2,1-2H3,(H,21,25). The Morgan fingerprint density at radius 1 is 1.44 bits per heavy atom. The van der Waals surface area contributed by atoms with E-state index < -0.39 is 0 Å². The van der Waals surface area contributed by atoms with Crippen LogP contribution in [0.5, 0.6) is 0 Å². The summed E-state index contributed by atoms with van der Waals surface area (Å²) in [5, 5.41) is 13.3. The third-order valence-electron chi connectivity index (χ3n) is 4.39. The van der Waals surface area contributed by atoms with Gasteiger partial charge in [-0.3, -0.25) is 20.3 Å². The fourth-order valence-corrected chi connectivity index (χ4v) is 3.06. The summed E-state index contributed by atoms with van der Waals surface area (Å²) in [6, 6.07) is 8.62. The summed E-state index contributed by atoms with van der Waals surface area (Å²) in [5.41, 5.74) is 6.91. The fraction of sp³-hybridized carbons (Fsp3) is 0.353. The van der Waals surface area contributed by atoms with E-state index in [0.29, 0.717) is 42.3 Å². The second-order valence-corrected chi connectivity index (χ2v) is 6.04. The van der Waals surface area contributed by atoms with Crippen molar-refractivity contribution in [2.45, 2.75) is 13.3 Å². The minimum absolute atomic E-state index is 0.193. The Bertz CT molecular complexity index is 840. The highest BCUT2D eigenvalue weighted by Crippen LogP contribution is 2.26. The molecule has 7 nitrogen and oxygen atoms in total. The van der Waals surface area contributed by atoms with Crippen LogP contribution in [0.15, 0.2) is 24.3 Å². The van der Waals surface area contributed by atoms with Crippen molar-refractivity contribution in [1.29, 1.82) is 5.26 Å². The van der Waals surface area contributed by atoms with Crippen LogP contribution in [0.2, 0.25) is 0 Å². The molecule has 0 saturated carbocycles. The maximum absolute atomic E-state index is 13.9. The van der Waals surface area contributed by atoms with Gasteiger partial charge in [0.2, 0.25) is 5.91 Å². The molecule has 1 aliphatic heterocycles. The molecule has 8 heteroatoms. The minimum atomic E-state index is -0.286. The van der Waals surface area contributed by atoms with Gasteiger partial charge in [0.15, 0.2) is 5.82 Å². The van der Waals surface area contributed by atoms with Gasteiger partial charge in [-0.2, -0.15) is 10.4 Å². The predicted octanol–water partition coefficient (Wildman–Crippen LogP) is 1.71. The number of rotatable bonds is 4. The SMILES string of the molecule is Cc1nn(C)c(NNC(=O)C2CCN(c3ccccc3F)C2)c1C#N. The van der Waals surface area contributed by atoms with Gasteiger partial charge in [0.1, 0.15) is 17.4 Å². The summed E-state index contributed by atoms with van der Waals surface area (Å²) < 4.78 is 15.4. The summed E-state index contributed by atoms with van der Waals surface area (Å²) in [5.74, 6) is -0.295. The van der Waals surface area contributed by atoms with Gasteiger partial charge in [0.05, 0.1) is 17.3 Å². The molecule has 2 heterocycles. The summed E-state index contributed by atoms with van der Waals surface area (Å²) in [7, 11) is 1.69. The van der Waals surface area contributed by atoms with E-state index in [1.807, 2.05) is 4.90 Å². The molecule has 1 aliphatic rings. The number of benzene rings is 1. The number of aromatic nitrogens is 2. The second kappa shape index (κ2) is 6.81. The number of hydrogen-bond acceptors (Lipinski definition) is 5. The van der Waals surface area contributed by atoms with E-state index in [2.05, 4.69) is 22.0 Å². The van der Waals surface area contributed by atoms with Crippen molar-refractivity contribution in [3.8, 4) is 6.07 Å². The third-order valence-corrected chi connectivity index (χ3v) is 4.39. The van der Waals surface area contributed by atoms with Gasteiger partial charge < -0.3 is 4.90 Å². The van der Waals surface area contributed by atoms with Gasteiger partial charge in [-0.15, -0.1) is 0 Å². The predicted molar refractivity (Wildman–Crippen MR) is 91.1 cm³/mol. The largest absolute Gasteiger partial charge is 0.368 e. The molecule has 1 atom stereocenters. The number of amides is 1. The van der Waals surface area contributed by atoms with Crippen LogP contribution in [0, 0.1) is 30.0 Å². The van der Waals surface area contributed by atoms with Crippen LogP contribution >= 0.6 is 0 Å².